The standard InChI is InChI=1S/C13H21BrN2/c1-4-11(15)8-10-6-7-13(12(14)9-10)16(3)5-2/h6-7,9,11H,4-5,8,15H2,1-3H3. The molecule has 90 valence electrons. The lowest BCUT2D eigenvalue weighted by molar-refractivity contribution is 0.646. The molecule has 2 N–H and O–H groups in total. The van der Waals surface area contributed by atoms with E-state index in [1.165, 1.54) is 11.3 Å². The maximum absolute atomic E-state index is 5.95. The highest BCUT2D eigenvalue weighted by molar-refractivity contribution is 9.10. The Morgan fingerprint density at radius 1 is 1.38 bits per heavy atom. The summed E-state index contributed by atoms with van der Waals surface area (Å²) in [5.41, 5.74) is 8.49. The number of nitrogens with two attached hydrogens (primary N) is 1. The predicted octanol–water partition coefficient (Wildman–Crippen LogP) is 3.19. The van der Waals surface area contributed by atoms with Gasteiger partial charge in [0.25, 0.3) is 0 Å². The SMILES string of the molecule is CCC(N)Cc1ccc(N(C)CC)c(Br)c1. The maximum Gasteiger partial charge on any atom is 0.0508 e. The number of anilines is 1. The summed E-state index contributed by atoms with van der Waals surface area (Å²) in [6.07, 6.45) is 1.97. The molecule has 1 unspecified atom stereocenters. The van der Waals surface area contributed by atoms with E-state index in [4.69, 9.17) is 5.73 Å². The fraction of sp³-hybridized carbons (Fsp3) is 0.538. The third-order valence-corrected chi connectivity index (χ3v) is 3.56. The van der Waals surface area contributed by atoms with Crippen LogP contribution in [0.4, 0.5) is 5.69 Å². The lowest BCUT2D eigenvalue weighted by atomic mass is 10.0. The average Bonchev–Trinajstić information content (AvgIpc) is 2.28. The van der Waals surface area contributed by atoms with Crippen LogP contribution in [0.15, 0.2) is 22.7 Å². The van der Waals surface area contributed by atoms with Gasteiger partial charge in [0.2, 0.25) is 0 Å². The minimum absolute atomic E-state index is 0.265. The molecule has 0 aromatic heterocycles. The van der Waals surface area contributed by atoms with Crippen molar-refractivity contribution >= 4 is 21.6 Å². The number of halogens is 1. The van der Waals surface area contributed by atoms with Crippen LogP contribution >= 0.6 is 15.9 Å². The second-order valence-corrected chi connectivity index (χ2v) is 5.03. The molecule has 0 amide bonds. The Labute approximate surface area is 107 Å². The number of nitrogens with zero attached hydrogens (tertiary/aromatic N) is 1. The molecule has 0 aliphatic heterocycles. The predicted molar refractivity (Wildman–Crippen MR) is 75.1 cm³/mol. The molecule has 1 aromatic carbocycles. The van der Waals surface area contributed by atoms with Crippen molar-refractivity contribution < 1.29 is 0 Å². The highest BCUT2D eigenvalue weighted by atomic mass is 79.9. The van der Waals surface area contributed by atoms with Crippen molar-refractivity contribution in [2.75, 3.05) is 18.5 Å². The molecule has 0 fully saturated rings. The molecule has 2 nitrogen and oxygen atoms in total. The summed E-state index contributed by atoms with van der Waals surface area (Å²) in [5.74, 6) is 0. The molecule has 0 saturated carbocycles. The van der Waals surface area contributed by atoms with Crippen LogP contribution in [0.3, 0.4) is 0 Å². The van der Waals surface area contributed by atoms with Crippen LogP contribution in [0, 0.1) is 0 Å². The van der Waals surface area contributed by atoms with Crippen molar-refractivity contribution in [3.05, 3.63) is 28.2 Å². The molecule has 0 aliphatic carbocycles. The topological polar surface area (TPSA) is 29.3 Å². The monoisotopic (exact) mass is 284 g/mol. The molecule has 0 spiro atoms. The van der Waals surface area contributed by atoms with Gasteiger partial charge in [-0.3, -0.25) is 0 Å². The zero-order chi connectivity index (χ0) is 12.1. The smallest absolute Gasteiger partial charge is 0.0508 e. The van der Waals surface area contributed by atoms with E-state index in [9.17, 15) is 0 Å². The highest BCUT2D eigenvalue weighted by Crippen LogP contribution is 2.26. The van der Waals surface area contributed by atoms with Gasteiger partial charge in [-0.25, -0.2) is 0 Å². The Kier molecular flexibility index (Phi) is 5.29. The second-order valence-electron chi connectivity index (χ2n) is 4.17. The number of benzene rings is 1. The third kappa shape index (κ3) is 3.49. The molecule has 0 radical (unpaired) electrons. The zero-order valence-corrected chi connectivity index (χ0v) is 11.9. The minimum atomic E-state index is 0.265. The molecule has 1 rings (SSSR count). The van der Waals surface area contributed by atoms with Crippen molar-refractivity contribution in [3.63, 3.8) is 0 Å². The number of rotatable bonds is 5. The van der Waals surface area contributed by atoms with E-state index < -0.39 is 0 Å². The zero-order valence-electron chi connectivity index (χ0n) is 10.3. The minimum Gasteiger partial charge on any atom is -0.374 e. The molecule has 1 aromatic rings. The van der Waals surface area contributed by atoms with Gasteiger partial charge in [0.1, 0.15) is 0 Å². The van der Waals surface area contributed by atoms with Gasteiger partial charge >= 0.3 is 0 Å². The summed E-state index contributed by atoms with van der Waals surface area (Å²) in [5, 5.41) is 0. The summed E-state index contributed by atoms with van der Waals surface area (Å²) in [7, 11) is 2.09. The van der Waals surface area contributed by atoms with Crippen molar-refractivity contribution in [2.45, 2.75) is 32.7 Å². The van der Waals surface area contributed by atoms with Crippen LogP contribution in [0.5, 0.6) is 0 Å². The summed E-state index contributed by atoms with van der Waals surface area (Å²) < 4.78 is 1.15. The molecule has 0 heterocycles. The molecular weight excluding hydrogens is 264 g/mol. The first-order valence-corrected chi connectivity index (χ1v) is 6.62. The van der Waals surface area contributed by atoms with E-state index in [0.717, 1.165) is 23.9 Å². The van der Waals surface area contributed by atoms with Gasteiger partial charge in [0.15, 0.2) is 0 Å². The first-order chi connectivity index (χ1) is 7.58. The summed E-state index contributed by atoms with van der Waals surface area (Å²) in [6, 6.07) is 6.77. The fourth-order valence-corrected chi connectivity index (χ4v) is 2.33. The quantitative estimate of drug-likeness (QED) is 0.900. The summed E-state index contributed by atoms with van der Waals surface area (Å²) in [4.78, 5) is 2.22. The van der Waals surface area contributed by atoms with E-state index in [2.05, 4.69) is 59.9 Å². The lowest BCUT2D eigenvalue weighted by Gasteiger charge is -2.19. The molecule has 0 saturated heterocycles. The third-order valence-electron chi connectivity index (χ3n) is 2.92. The molecule has 16 heavy (non-hydrogen) atoms. The Bertz CT molecular complexity index is 339. The van der Waals surface area contributed by atoms with Crippen molar-refractivity contribution in [3.8, 4) is 0 Å². The molecule has 0 aliphatic rings. The van der Waals surface area contributed by atoms with Gasteiger partial charge in [-0.2, -0.15) is 0 Å². The Morgan fingerprint density at radius 3 is 2.56 bits per heavy atom. The van der Waals surface area contributed by atoms with Crippen LogP contribution in [-0.2, 0) is 6.42 Å². The van der Waals surface area contributed by atoms with E-state index >= 15 is 0 Å². The van der Waals surface area contributed by atoms with Crippen LogP contribution in [0.25, 0.3) is 0 Å². The van der Waals surface area contributed by atoms with E-state index in [1.54, 1.807) is 0 Å². The van der Waals surface area contributed by atoms with Gasteiger partial charge in [-0.05, 0) is 53.4 Å². The first-order valence-electron chi connectivity index (χ1n) is 5.83. The van der Waals surface area contributed by atoms with Crippen molar-refractivity contribution in [1.82, 2.24) is 0 Å². The number of hydrogen-bond donors (Lipinski definition) is 1. The van der Waals surface area contributed by atoms with E-state index in [0.29, 0.717) is 0 Å². The molecular formula is C13H21BrN2. The van der Waals surface area contributed by atoms with Crippen molar-refractivity contribution in [1.29, 1.82) is 0 Å². The first kappa shape index (κ1) is 13.5. The normalized spacial score (nSPS) is 12.6. The Morgan fingerprint density at radius 2 is 2.06 bits per heavy atom. The Hall–Kier alpha value is -0.540. The fourth-order valence-electron chi connectivity index (χ4n) is 1.60. The van der Waals surface area contributed by atoms with Crippen LogP contribution in [0.2, 0.25) is 0 Å². The van der Waals surface area contributed by atoms with Crippen LogP contribution in [-0.4, -0.2) is 19.6 Å². The second kappa shape index (κ2) is 6.26. The molecule has 0 bridgehead atoms. The van der Waals surface area contributed by atoms with E-state index in [1.807, 2.05) is 0 Å². The summed E-state index contributed by atoms with van der Waals surface area (Å²) >= 11 is 3.62. The van der Waals surface area contributed by atoms with Gasteiger partial charge in [-0.15, -0.1) is 0 Å². The van der Waals surface area contributed by atoms with Gasteiger partial charge in [0, 0.05) is 24.1 Å². The van der Waals surface area contributed by atoms with Gasteiger partial charge < -0.3 is 10.6 Å². The van der Waals surface area contributed by atoms with Gasteiger partial charge in [0.05, 0.1) is 5.69 Å². The van der Waals surface area contributed by atoms with E-state index in [-0.39, 0.29) is 6.04 Å². The van der Waals surface area contributed by atoms with Crippen molar-refractivity contribution in [2.24, 2.45) is 5.73 Å². The van der Waals surface area contributed by atoms with Gasteiger partial charge in [-0.1, -0.05) is 13.0 Å². The largest absolute Gasteiger partial charge is 0.374 e. The highest BCUT2D eigenvalue weighted by Gasteiger charge is 2.07. The average molecular weight is 285 g/mol. The van der Waals surface area contributed by atoms with Crippen LogP contribution < -0.4 is 10.6 Å². The molecule has 3 heteroatoms. The lowest BCUT2D eigenvalue weighted by Crippen LogP contribution is -2.21. The summed E-state index contributed by atoms with van der Waals surface area (Å²) in [6.45, 7) is 5.28. The molecule has 1 atom stereocenters. The maximum atomic E-state index is 5.95. The van der Waals surface area contributed by atoms with Crippen LogP contribution in [0.1, 0.15) is 25.8 Å². The number of hydrogen-bond acceptors (Lipinski definition) is 2. The Balaban J connectivity index is 2.82.